The van der Waals surface area contributed by atoms with Crippen molar-refractivity contribution in [2.24, 2.45) is 5.41 Å². The van der Waals surface area contributed by atoms with Crippen LogP contribution in [0, 0.1) is 19.3 Å². The standard InChI is InChI=1S/C56H48N4/c1-36-13-10-14-37(2)54(36)59(45-33-42(38-15-6-5-7-16-38)31-43(34-45)49-21-8-9-29-57-49)44-18-11-17-41(32-44)53-52-47-20-12-19-46-48-35-40(39-24-27-56(3,4)28-25-39)22-23-50(48)60(55(46)47)51(52)26-30-58-53/h5-23,26,29-35,39H,24-25,27-28H2,1-4H3/i39D. The minimum Gasteiger partial charge on any atom is -0.310 e. The fourth-order valence-corrected chi connectivity index (χ4v) is 9.96. The van der Waals surface area contributed by atoms with Crippen LogP contribution in [0.15, 0.2) is 164 Å². The summed E-state index contributed by atoms with van der Waals surface area (Å²) in [7, 11) is 0. The summed E-state index contributed by atoms with van der Waals surface area (Å²) in [6, 6.07) is 54.7. The monoisotopic (exact) mass is 777 g/mol. The van der Waals surface area contributed by atoms with Gasteiger partial charge in [-0.2, -0.15) is 0 Å². The van der Waals surface area contributed by atoms with Gasteiger partial charge in [-0.1, -0.05) is 105 Å². The van der Waals surface area contributed by atoms with Gasteiger partial charge in [0.05, 0.1) is 33.6 Å². The first kappa shape index (κ1) is 35.2. The summed E-state index contributed by atoms with van der Waals surface area (Å²) in [6.45, 7) is 9.10. The van der Waals surface area contributed by atoms with Gasteiger partial charge in [0.2, 0.25) is 0 Å². The molecule has 0 atom stereocenters. The van der Waals surface area contributed by atoms with Crippen LogP contribution in [0.5, 0.6) is 0 Å². The maximum atomic E-state index is 9.58. The van der Waals surface area contributed by atoms with Gasteiger partial charge in [-0.15, -0.1) is 0 Å². The predicted octanol–water partition coefficient (Wildman–Crippen LogP) is 15.4. The number of pyridine rings is 2. The fraction of sp³-hybridized carbons (Fsp3) is 0.179. The molecule has 60 heavy (non-hydrogen) atoms. The van der Waals surface area contributed by atoms with Crippen molar-refractivity contribution < 1.29 is 1.37 Å². The molecule has 1 saturated carbocycles. The van der Waals surface area contributed by atoms with E-state index in [0.717, 1.165) is 92.9 Å². The lowest BCUT2D eigenvalue weighted by Gasteiger charge is -2.34. The highest BCUT2D eigenvalue weighted by Gasteiger charge is 2.29. The largest absolute Gasteiger partial charge is 0.310 e. The summed E-state index contributed by atoms with van der Waals surface area (Å²) in [6.07, 6.45) is 7.80. The Hall–Kier alpha value is -6.78. The molecule has 0 aliphatic heterocycles. The first-order valence-electron chi connectivity index (χ1n) is 21.8. The maximum Gasteiger partial charge on any atom is 0.0802 e. The van der Waals surface area contributed by atoms with Gasteiger partial charge < -0.3 is 9.30 Å². The third-order valence-corrected chi connectivity index (χ3v) is 13.1. The highest BCUT2D eigenvalue weighted by atomic mass is 15.1. The molecule has 1 fully saturated rings. The van der Waals surface area contributed by atoms with Crippen LogP contribution in [-0.4, -0.2) is 14.4 Å². The van der Waals surface area contributed by atoms with Crippen molar-refractivity contribution in [2.75, 3.05) is 4.90 Å². The zero-order valence-electron chi connectivity index (χ0n) is 35.7. The smallest absolute Gasteiger partial charge is 0.0802 e. The Morgan fingerprint density at radius 1 is 0.583 bits per heavy atom. The Morgan fingerprint density at radius 2 is 1.30 bits per heavy atom. The molecule has 0 saturated heterocycles. The molecule has 10 aromatic rings. The normalized spacial score (nSPS) is 15.2. The average Bonchev–Trinajstić information content (AvgIpc) is 3.82. The number of benzene rings is 6. The summed E-state index contributed by atoms with van der Waals surface area (Å²) >= 11 is 0. The van der Waals surface area contributed by atoms with Gasteiger partial charge in [0.15, 0.2) is 0 Å². The van der Waals surface area contributed by atoms with Crippen molar-refractivity contribution in [1.82, 2.24) is 14.4 Å². The lowest BCUT2D eigenvalue weighted by atomic mass is 9.71. The molecule has 4 nitrogen and oxygen atoms in total. The van der Waals surface area contributed by atoms with Crippen LogP contribution in [0.25, 0.3) is 71.7 Å². The van der Waals surface area contributed by atoms with Crippen molar-refractivity contribution >= 4 is 55.2 Å². The molecule has 0 N–H and O–H groups in total. The van der Waals surface area contributed by atoms with Crippen LogP contribution in [0.1, 0.15) is 63.5 Å². The number of hydrogen-bond donors (Lipinski definition) is 0. The molecule has 1 aliphatic rings. The maximum absolute atomic E-state index is 9.58. The van der Waals surface area contributed by atoms with Crippen molar-refractivity contribution in [3.8, 4) is 33.6 Å². The summed E-state index contributed by atoms with van der Waals surface area (Å²) in [5.74, 6) is -0.548. The minimum atomic E-state index is -0.548. The number of fused-ring (bicyclic) bond motifs is 6. The molecule has 6 aromatic carbocycles. The predicted molar refractivity (Wildman–Crippen MR) is 252 cm³/mol. The van der Waals surface area contributed by atoms with Crippen LogP contribution in [0.3, 0.4) is 0 Å². The number of anilines is 3. The summed E-state index contributed by atoms with van der Waals surface area (Å²) in [5.41, 5.74) is 16.9. The van der Waals surface area contributed by atoms with Crippen LogP contribution in [0.2, 0.25) is 0 Å². The second-order valence-corrected chi connectivity index (χ2v) is 17.6. The van der Waals surface area contributed by atoms with Crippen molar-refractivity contribution in [1.29, 1.82) is 0 Å². The van der Waals surface area contributed by atoms with E-state index in [9.17, 15) is 1.37 Å². The van der Waals surface area contributed by atoms with E-state index < -0.39 is 5.89 Å². The van der Waals surface area contributed by atoms with E-state index in [1.807, 2.05) is 18.5 Å². The van der Waals surface area contributed by atoms with Gasteiger partial charge in [0, 0.05) is 57.8 Å². The van der Waals surface area contributed by atoms with Crippen molar-refractivity contribution in [2.45, 2.75) is 59.3 Å². The Morgan fingerprint density at radius 3 is 2.10 bits per heavy atom. The molecule has 0 amide bonds. The molecule has 4 heterocycles. The van der Waals surface area contributed by atoms with Crippen molar-refractivity contribution in [3.05, 3.63) is 181 Å². The van der Waals surface area contributed by atoms with Crippen molar-refractivity contribution in [3.63, 3.8) is 0 Å². The number of para-hydroxylation sites is 2. The molecule has 11 rings (SSSR count). The van der Waals surface area contributed by atoms with Crippen LogP contribution < -0.4 is 4.90 Å². The quantitative estimate of drug-likeness (QED) is 0.162. The van der Waals surface area contributed by atoms with E-state index in [4.69, 9.17) is 9.97 Å². The molecule has 4 aromatic heterocycles. The van der Waals surface area contributed by atoms with Crippen LogP contribution in [-0.2, 0) is 0 Å². The van der Waals surface area contributed by atoms with Gasteiger partial charge in [0.25, 0.3) is 0 Å². The highest BCUT2D eigenvalue weighted by molar-refractivity contribution is 6.25. The van der Waals surface area contributed by atoms with E-state index in [-0.39, 0.29) is 0 Å². The first-order chi connectivity index (χ1) is 29.7. The highest BCUT2D eigenvalue weighted by Crippen LogP contribution is 2.47. The first-order valence-corrected chi connectivity index (χ1v) is 21.3. The number of aromatic nitrogens is 3. The van der Waals surface area contributed by atoms with Gasteiger partial charge >= 0.3 is 0 Å². The number of hydrogen-bond acceptors (Lipinski definition) is 3. The summed E-state index contributed by atoms with van der Waals surface area (Å²) in [5, 5.41) is 4.80. The minimum absolute atomic E-state index is 0.310. The molecule has 0 bridgehead atoms. The lowest BCUT2D eigenvalue weighted by Crippen LogP contribution is -2.20. The molecule has 0 spiro atoms. The fourth-order valence-electron chi connectivity index (χ4n) is 9.96. The SMILES string of the molecule is [2H]C1(c2ccc3c(c2)c2cccc4c5c(-c6cccc(N(c7cc(-c8ccccc8)cc(-c8ccccn8)c7)c7c(C)cccc7C)c6)nccc5n3c24)CCC(C)(C)CC1. The third kappa shape index (κ3) is 6.04. The Balaban J connectivity index is 1.09. The molecular weight excluding hydrogens is 729 g/mol. The average molecular weight is 778 g/mol. The van der Waals surface area contributed by atoms with Gasteiger partial charge in [0.1, 0.15) is 0 Å². The van der Waals surface area contributed by atoms with E-state index in [1.54, 1.807) is 0 Å². The number of nitrogens with zero attached hydrogens (tertiary/aromatic N) is 4. The van der Waals surface area contributed by atoms with Gasteiger partial charge in [-0.25, -0.2) is 0 Å². The Labute approximate surface area is 353 Å². The van der Waals surface area contributed by atoms with Crippen LogP contribution >= 0.6 is 0 Å². The topological polar surface area (TPSA) is 33.4 Å². The van der Waals surface area contributed by atoms with Gasteiger partial charge in [-0.05, 0) is 139 Å². The second kappa shape index (κ2) is 14.2. The van der Waals surface area contributed by atoms with E-state index in [2.05, 4.69) is 183 Å². The molecule has 292 valence electrons. The molecule has 0 unspecified atom stereocenters. The number of aryl methyl sites for hydroxylation is 2. The molecule has 4 heteroatoms. The number of rotatable bonds is 7. The Bertz CT molecular complexity index is 3190. The second-order valence-electron chi connectivity index (χ2n) is 17.6. The molecule has 1 aliphatic carbocycles. The third-order valence-electron chi connectivity index (χ3n) is 13.1. The summed E-state index contributed by atoms with van der Waals surface area (Å²) in [4.78, 5) is 12.4. The van der Waals surface area contributed by atoms with Gasteiger partial charge in [-0.3, -0.25) is 9.97 Å². The van der Waals surface area contributed by atoms with Crippen LogP contribution in [0.4, 0.5) is 17.1 Å². The summed E-state index contributed by atoms with van der Waals surface area (Å²) < 4.78 is 12.0. The van der Waals surface area contributed by atoms with E-state index in [0.29, 0.717) is 5.41 Å². The molecular formula is C56H48N4. The molecule has 0 radical (unpaired) electrons. The van der Waals surface area contributed by atoms with E-state index in [1.165, 1.54) is 38.3 Å². The van der Waals surface area contributed by atoms with E-state index >= 15 is 0 Å². The lowest BCUT2D eigenvalue weighted by molar-refractivity contribution is 0.224. The zero-order valence-corrected chi connectivity index (χ0v) is 34.7. The zero-order chi connectivity index (χ0) is 41.5. The Kier molecular flexibility index (Phi) is 8.33.